The van der Waals surface area contributed by atoms with Crippen molar-refractivity contribution in [2.75, 3.05) is 0 Å². The Labute approximate surface area is 85.1 Å². The summed E-state index contributed by atoms with van der Waals surface area (Å²) in [7, 11) is 0. The molecule has 0 amide bonds. The van der Waals surface area contributed by atoms with Gasteiger partial charge in [-0.15, -0.1) is 0 Å². The zero-order valence-corrected chi connectivity index (χ0v) is 7.94. The minimum absolute atomic E-state index is 0.0129. The SMILES string of the molecule is O=C(O)c1ccn(C/C=C/Cl)c(=O)c1. The summed E-state index contributed by atoms with van der Waals surface area (Å²) in [5.41, 5.74) is 0.929. The van der Waals surface area contributed by atoms with Gasteiger partial charge in [0.15, 0.2) is 0 Å². The van der Waals surface area contributed by atoms with Crippen LogP contribution in [0.15, 0.2) is 34.7 Å². The smallest absolute Gasteiger partial charge is 0.335 e. The molecule has 0 bridgehead atoms. The Hall–Kier alpha value is -1.55. The van der Waals surface area contributed by atoms with Crippen LogP contribution in [-0.2, 0) is 6.54 Å². The fourth-order valence-electron chi connectivity index (χ4n) is 0.945. The van der Waals surface area contributed by atoms with Crippen LogP contribution in [0.25, 0.3) is 0 Å². The molecule has 0 aliphatic heterocycles. The maximum Gasteiger partial charge on any atom is 0.335 e. The van der Waals surface area contributed by atoms with Crippen molar-refractivity contribution in [1.82, 2.24) is 4.57 Å². The number of carboxylic acids is 1. The van der Waals surface area contributed by atoms with Crippen molar-refractivity contribution in [2.45, 2.75) is 6.54 Å². The first-order valence-electron chi connectivity index (χ1n) is 3.84. The number of pyridine rings is 1. The summed E-state index contributed by atoms with van der Waals surface area (Å²) < 4.78 is 1.35. The molecule has 0 aromatic carbocycles. The van der Waals surface area contributed by atoms with E-state index in [0.717, 1.165) is 6.07 Å². The van der Waals surface area contributed by atoms with Gasteiger partial charge in [-0.3, -0.25) is 4.79 Å². The molecule has 0 aliphatic carbocycles. The van der Waals surface area contributed by atoms with E-state index in [1.807, 2.05) is 0 Å². The van der Waals surface area contributed by atoms with Gasteiger partial charge in [0.05, 0.1) is 5.56 Å². The monoisotopic (exact) mass is 213 g/mol. The average Bonchev–Trinajstić information content (AvgIpc) is 2.15. The van der Waals surface area contributed by atoms with Crippen molar-refractivity contribution >= 4 is 17.6 Å². The Morgan fingerprint density at radius 1 is 1.64 bits per heavy atom. The van der Waals surface area contributed by atoms with Crippen molar-refractivity contribution in [3.05, 3.63) is 45.9 Å². The third-order valence-corrected chi connectivity index (χ3v) is 1.81. The van der Waals surface area contributed by atoms with Gasteiger partial charge in [0.25, 0.3) is 5.56 Å². The number of allylic oxidation sites excluding steroid dienone is 1. The summed E-state index contributed by atoms with van der Waals surface area (Å²) in [4.78, 5) is 21.8. The van der Waals surface area contributed by atoms with Gasteiger partial charge in [0.1, 0.15) is 0 Å². The van der Waals surface area contributed by atoms with Gasteiger partial charge < -0.3 is 9.67 Å². The van der Waals surface area contributed by atoms with Crippen LogP contribution in [0.4, 0.5) is 0 Å². The van der Waals surface area contributed by atoms with Crippen LogP contribution >= 0.6 is 11.6 Å². The molecule has 1 aromatic heterocycles. The second kappa shape index (κ2) is 4.62. The number of carbonyl (C=O) groups is 1. The summed E-state index contributed by atoms with van der Waals surface area (Å²) in [6, 6.07) is 2.44. The molecule has 14 heavy (non-hydrogen) atoms. The summed E-state index contributed by atoms with van der Waals surface area (Å²) in [5.74, 6) is -1.11. The molecule has 1 heterocycles. The summed E-state index contributed by atoms with van der Waals surface area (Å²) in [5, 5.41) is 8.59. The van der Waals surface area contributed by atoms with E-state index in [9.17, 15) is 9.59 Å². The van der Waals surface area contributed by atoms with E-state index in [2.05, 4.69) is 0 Å². The number of hydrogen-bond acceptors (Lipinski definition) is 2. The molecule has 74 valence electrons. The predicted molar refractivity (Wildman–Crippen MR) is 52.7 cm³/mol. The van der Waals surface area contributed by atoms with E-state index in [4.69, 9.17) is 16.7 Å². The molecule has 0 spiro atoms. The highest BCUT2D eigenvalue weighted by Gasteiger charge is 2.03. The molecule has 4 nitrogen and oxygen atoms in total. The lowest BCUT2D eigenvalue weighted by Crippen LogP contribution is -2.19. The van der Waals surface area contributed by atoms with Gasteiger partial charge in [0.2, 0.25) is 0 Å². The Bertz CT molecular complexity index is 422. The van der Waals surface area contributed by atoms with Crippen LogP contribution in [0.5, 0.6) is 0 Å². The topological polar surface area (TPSA) is 59.3 Å². The van der Waals surface area contributed by atoms with Gasteiger partial charge in [-0.25, -0.2) is 4.79 Å². The van der Waals surface area contributed by atoms with Crippen molar-refractivity contribution < 1.29 is 9.90 Å². The van der Waals surface area contributed by atoms with Crippen LogP contribution in [0.1, 0.15) is 10.4 Å². The lowest BCUT2D eigenvalue weighted by molar-refractivity contribution is 0.0696. The number of aromatic nitrogens is 1. The molecule has 1 aromatic rings. The molecule has 0 aliphatic rings. The molecule has 0 saturated carbocycles. The van der Waals surface area contributed by atoms with E-state index >= 15 is 0 Å². The summed E-state index contributed by atoms with van der Waals surface area (Å²) in [6.07, 6.45) is 3.01. The maximum absolute atomic E-state index is 11.3. The van der Waals surface area contributed by atoms with Crippen LogP contribution in [0.2, 0.25) is 0 Å². The largest absolute Gasteiger partial charge is 0.478 e. The third-order valence-electron chi connectivity index (χ3n) is 1.63. The molecule has 0 saturated heterocycles. The standard InChI is InChI=1S/C9H8ClNO3/c10-3-1-4-11-5-2-7(9(13)14)6-8(11)12/h1-3,5-6H,4H2,(H,13,14)/b3-1+. The number of nitrogens with zero attached hydrogens (tertiary/aromatic N) is 1. The van der Waals surface area contributed by atoms with Gasteiger partial charge in [-0.1, -0.05) is 17.7 Å². The van der Waals surface area contributed by atoms with Crippen LogP contribution in [-0.4, -0.2) is 15.6 Å². The molecular weight excluding hydrogens is 206 g/mol. The lowest BCUT2D eigenvalue weighted by atomic mass is 10.3. The minimum Gasteiger partial charge on any atom is -0.478 e. The van der Waals surface area contributed by atoms with Crippen LogP contribution in [0.3, 0.4) is 0 Å². The lowest BCUT2D eigenvalue weighted by Gasteiger charge is -2.01. The zero-order valence-electron chi connectivity index (χ0n) is 7.18. The Morgan fingerprint density at radius 3 is 2.86 bits per heavy atom. The molecule has 0 unspecified atom stereocenters. The molecule has 1 rings (SSSR count). The van der Waals surface area contributed by atoms with Crippen LogP contribution in [0, 0.1) is 0 Å². The maximum atomic E-state index is 11.3. The highest BCUT2D eigenvalue weighted by Crippen LogP contribution is 1.94. The van der Waals surface area contributed by atoms with Gasteiger partial charge >= 0.3 is 5.97 Å². The number of halogens is 1. The van der Waals surface area contributed by atoms with Crippen molar-refractivity contribution in [3.63, 3.8) is 0 Å². The molecule has 5 heteroatoms. The predicted octanol–water partition coefficient (Wildman–Crippen LogP) is 1.30. The van der Waals surface area contributed by atoms with E-state index in [1.54, 1.807) is 6.08 Å². The third kappa shape index (κ3) is 2.47. The number of hydrogen-bond donors (Lipinski definition) is 1. The molecule has 0 radical (unpaired) electrons. The number of aromatic carboxylic acids is 1. The Kier molecular flexibility index (Phi) is 3.48. The average molecular weight is 214 g/mol. The molecule has 1 N–H and O–H groups in total. The highest BCUT2D eigenvalue weighted by atomic mass is 35.5. The quantitative estimate of drug-likeness (QED) is 0.823. The van der Waals surface area contributed by atoms with Crippen molar-refractivity contribution in [1.29, 1.82) is 0 Å². The van der Waals surface area contributed by atoms with Crippen molar-refractivity contribution in [3.8, 4) is 0 Å². The fourth-order valence-corrected chi connectivity index (χ4v) is 1.02. The number of carboxylic acid groups (broad SMARTS) is 1. The minimum atomic E-state index is -1.11. The first-order valence-corrected chi connectivity index (χ1v) is 4.28. The molecular formula is C9H8ClNO3. The second-order valence-electron chi connectivity index (χ2n) is 2.57. The zero-order chi connectivity index (χ0) is 10.6. The Morgan fingerprint density at radius 2 is 2.36 bits per heavy atom. The Balaban J connectivity index is 3.02. The fraction of sp³-hybridized carbons (Fsp3) is 0.111. The molecule has 0 atom stereocenters. The normalized spacial score (nSPS) is 10.6. The van der Waals surface area contributed by atoms with E-state index in [1.165, 1.54) is 22.4 Å². The van der Waals surface area contributed by atoms with E-state index in [-0.39, 0.29) is 11.1 Å². The highest BCUT2D eigenvalue weighted by molar-refractivity contribution is 6.25. The second-order valence-corrected chi connectivity index (χ2v) is 2.82. The van der Waals surface area contributed by atoms with E-state index < -0.39 is 5.97 Å². The number of rotatable bonds is 3. The van der Waals surface area contributed by atoms with Gasteiger partial charge in [0, 0.05) is 24.3 Å². The molecule has 0 fully saturated rings. The first kappa shape index (κ1) is 10.5. The van der Waals surface area contributed by atoms with E-state index in [0.29, 0.717) is 6.54 Å². The summed E-state index contributed by atoms with van der Waals surface area (Å²) in [6.45, 7) is 0.336. The summed E-state index contributed by atoms with van der Waals surface area (Å²) >= 11 is 5.30. The van der Waals surface area contributed by atoms with Crippen LogP contribution < -0.4 is 5.56 Å². The van der Waals surface area contributed by atoms with Crippen molar-refractivity contribution in [2.24, 2.45) is 0 Å². The van der Waals surface area contributed by atoms with Gasteiger partial charge in [-0.2, -0.15) is 0 Å². The van der Waals surface area contributed by atoms with Gasteiger partial charge in [-0.05, 0) is 6.07 Å². The first-order chi connectivity index (χ1) is 6.65.